The quantitative estimate of drug-likeness (QED) is 0.523. The Hall–Kier alpha value is -0.490. The van der Waals surface area contributed by atoms with Gasteiger partial charge in [0.25, 0.3) is 3.92 Å². The molecule has 6 heteroatoms. The molecule has 0 N–H and O–H groups in total. The van der Waals surface area contributed by atoms with E-state index in [4.69, 9.17) is 0 Å². The van der Waals surface area contributed by atoms with E-state index >= 15 is 0 Å². The SMILES string of the molecule is O=[N+]([O-])c1csc(Br)n1. The van der Waals surface area contributed by atoms with Gasteiger partial charge in [-0.05, 0) is 9.91 Å². The number of halogens is 1. The van der Waals surface area contributed by atoms with Crippen molar-refractivity contribution in [3.8, 4) is 0 Å². The molecular weight excluding hydrogens is 208 g/mol. The molecule has 1 aromatic rings. The first-order valence-corrected chi connectivity index (χ1v) is 3.63. The van der Waals surface area contributed by atoms with Crippen molar-refractivity contribution in [1.29, 1.82) is 0 Å². The lowest BCUT2D eigenvalue weighted by Crippen LogP contribution is -1.85. The zero-order chi connectivity index (χ0) is 6.85. The Labute approximate surface area is 62.8 Å². The lowest BCUT2D eigenvalue weighted by atomic mass is 10.8. The van der Waals surface area contributed by atoms with Gasteiger partial charge in [0.2, 0.25) is 0 Å². The van der Waals surface area contributed by atoms with Gasteiger partial charge in [-0.3, -0.25) is 0 Å². The van der Waals surface area contributed by atoms with Gasteiger partial charge >= 0.3 is 5.82 Å². The van der Waals surface area contributed by atoms with Crippen LogP contribution in [0.5, 0.6) is 0 Å². The Morgan fingerprint density at radius 2 is 2.56 bits per heavy atom. The van der Waals surface area contributed by atoms with E-state index in [2.05, 4.69) is 20.9 Å². The van der Waals surface area contributed by atoms with Gasteiger partial charge in [-0.2, -0.15) is 0 Å². The van der Waals surface area contributed by atoms with Gasteiger partial charge < -0.3 is 10.1 Å². The van der Waals surface area contributed by atoms with E-state index in [0.29, 0.717) is 3.92 Å². The van der Waals surface area contributed by atoms with E-state index in [9.17, 15) is 10.1 Å². The lowest BCUT2D eigenvalue weighted by molar-refractivity contribution is -0.389. The normalized spacial score (nSPS) is 9.44. The van der Waals surface area contributed by atoms with Crippen LogP contribution in [0.2, 0.25) is 0 Å². The van der Waals surface area contributed by atoms with E-state index in [1.165, 1.54) is 16.7 Å². The van der Waals surface area contributed by atoms with Crippen molar-refractivity contribution < 1.29 is 4.92 Å². The first-order chi connectivity index (χ1) is 4.20. The Balaban J connectivity index is 2.98. The van der Waals surface area contributed by atoms with Crippen molar-refractivity contribution in [3.05, 3.63) is 19.4 Å². The minimum Gasteiger partial charge on any atom is -0.358 e. The second-order valence-corrected chi connectivity index (χ2v) is 3.35. The van der Waals surface area contributed by atoms with Crippen molar-refractivity contribution in [2.45, 2.75) is 0 Å². The maximum atomic E-state index is 9.94. The van der Waals surface area contributed by atoms with E-state index in [0.717, 1.165) is 0 Å². The Kier molecular flexibility index (Phi) is 1.77. The van der Waals surface area contributed by atoms with E-state index in [1.807, 2.05) is 0 Å². The molecule has 0 aliphatic heterocycles. The highest BCUT2D eigenvalue weighted by Gasteiger charge is 2.09. The molecule has 9 heavy (non-hydrogen) atoms. The highest BCUT2D eigenvalue weighted by molar-refractivity contribution is 9.11. The van der Waals surface area contributed by atoms with Crippen LogP contribution in [-0.2, 0) is 0 Å². The van der Waals surface area contributed by atoms with Crippen LogP contribution in [0.1, 0.15) is 0 Å². The van der Waals surface area contributed by atoms with Crippen LogP contribution >= 0.6 is 27.3 Å². The van der Waals surface area contributed by atoms with Crippen LogP contribution in [0.15, 0.2) is 9.30 Å². The zero-order valence-electron chi connectivity index (χ0n) is 4.07. The van der Waals surface area contributed by atoms with Gasteiger partial charge in [0.05, 0.1) is 5.38 Å². The summed E-state index contributed by atoms with van der Waals surface area (Å²) >= 11 is 4.20. The first-order valence-electron chi connectivity index (χ1n) is 1.95. The third kappa shape index (κ3) is 1.46. The number of hydrogen-bond donors (Lipinski definition) is 0. The maximum Gasteiger partial charge on any atom is 0.375 e. The van der Waals surface area contributed by atoms with Crippen molar-refractivity contribution in [2.75, 3.05) is 0 Å². The average Bonchev–Trinajstić information content (AvgIpc) is 2.14. The summed E-state index contributed by atoms with van der Waals surface area (Å²) in [6.07, 6.45) is 0. The summed E-state index contributed by atoms with van der Waals surface area (Å²) < 4.78 is 0.536. The summed E-state index contributed by atoms with van der Waals surface area (Å²) in [7, 11) is 0. The van der Waals surface area contributed by atoms with Gasteiger partial charge in [0.15, 0.2) is 0 Å². The molecular formula is C3HBrN2O2S. The Bertz CT molecular complexity index is 235. The Morgan fingerprint density at radius 1 is 1.89 bits per heavy atom. The molecule has 4 nitrogen and oxygen atoms in total. The molecule has 0 amide bonds. The third-order valence-electron chi connectivity index (χ3n) is 0.651. The summed E-state index contributed by atoms with van der Waals surface area (Å²) in [4.78, 5) is 13.0. The molecule has 0 saturated carbocycles. The van der Waals surface area contributed by atoms with Crippen LogP contribution in [0.3, 0.4) is 0 Å². The number of rotatable bonds is 1. The molecule has 1 heterocycles. The number of hydrogen-bond acceptors (Lipinski definition) is 4. The van der Waals surface area contributed by atoms with Gasteiger partial charge in [0.1, 0.15) is 0 Å². The van der Waals surface area contributed by atoms with Crippen LogP contribution < -0.4 is 0 Å². The smallest absolute Gasteiger partial charge is 0.358 e. The summed E-state index contributed by atoms with van der Waals surface area (Å²) in [6.45, 7) is 0. The molecule has 0 bridgehead atoms. The molecule has 1 aromatic heterocycles. The third-order valence-corrected chi connectivity index (χ3v) is 2.00. The number of aromatic nitrogens is 1. The fourth-order valence-corrected chi connectivity index (χ4v) is 1.28. The lowest BCUT2D eigenvalue weighted by Gasteiger charge is -1.81. The molecule has 0 spiro atoms. The van der Waals surface area contributed by atoms with Crippen molar-refractivity contribution in [3.63, 3.8) is 0 Å². The molecule has 0 aromatic carbocycles. The zero-order valence-corrected chi connectivity index (χ0v) is 6.48. The summed E-state index contributed by atoms with van der Waals surface area (Å²) in [5.74, 6) is -0.105. The van der Waals surface area contributed by atoms with Crippen molar-refractivity contribution in [2.24, 2.45) is 0 Å². The van der Waals surface area contributed by atoms with E-state index in [-0.39, 0.29) is 5.82 Å². The standard InChI is InChI=1S/C3HBrN2O2S/c4-3-5-2(1-9-3)6(7)8/h1H. The van der Waals surface area contributed by atoms with Crippen LogP contribution in [-0.4, -0.2) is 9.91 Å². The minimum atomic E-state index is -0.527. The highest BCUT2D eigenvalue weighted by Crippen LogP contribution is 2.20. The van der Waals surface area contributed by atoms with Gasteiger partial charge in [0, 0.05) is 15.9 Å². The largest absolute Gasteiger partial charge is 0.375 e. The molecule has 48 valence electrons. The molecule has 0 radical (unpaired) electrons. The number of thiazole rings is 1. The fraction of sp³-hybridized carbons (Fsp3) is 0. The van der Waals surface area contributed by atoms with Gasteiger partial charge in [-0.1, -0.05) is 11.3 Å². The van der Waals surface area contributed by atoms with Gasteiger partial charge in [-0.25, -0.2) is 0 Å². The summed E-state index contributed by atoms with van der Waals surface area (Å²) in [6, 6.07) is 0. The molecule has 1 rings (SSSR count). The molecule has 0 saturated heterocycles. The number of nitro groups is 1. The monoisotopic (exact) mass is 208 g/mol. The summed E-state index contributed by atoms with van der Waals surface area (Å²) in [5, 5.41) is 11.3. The number of nitrogens with zero attached hydrogens (tertiary/aromatic N) is 2. The van der Waals surface area contributed by atoms with Crippen molar-refractivity contribution >= 4 is 33.1 Å². The van der Waals surface area contributed by atoms with Crippen LogP contribution in [0, 0.1) is 10.1 Å². The predicted molar refractivity (Wildman–Crippen MR) is 36.5 cm³/mol. The Morgan fingerprint density at radius 3 is 2.78 bits per heavy atom. The minimum absolute atomic E-state index is 0.105. The first kappa shape index (κ1) is 6.63. The predicted octanol–water partition coefficient (Wildman–Crippen LogP) is 1.81. The second-order valence-electron chi connectivity index (χ2n) is 1.22. The molecule has 0 fully saturated rings. The van der Waals surface area contributed by atoms with Gasteiger partial charge in [-0.15, -0.1) is 0 Å². The van der Waals surface area contributed by atoms with Crippen LogP contribution in [0.25, 0.3) is 0 Å². The highest BCUT2D eigenvalue weighted by atomic mass is 79.9. The molecule has 0 unspecified atom stereocenters. The summed E-state index contributed by atoms with van der Waals surface area (Å²) in [5.41, 5.74) is 0. The maximum absolute atomic E-state index is 9.94. The molecule has 0 atom stereocenters. The van der Waals surface area contributed by atoms with E-state index in [1.54, 1.807) is 0 Å². The van der Waals surface area contributed by atoms with Crippen LogP contribution in [0.4, 0.5) is 5.82 Å². The van der Waals surface area contributed by atoms with E-state index < -0.39 is 4.92 Å². The fourth-order valence-electron chi connectivity index (χ4n) is 0.328. The average molecular weight is 209 g/mol. The topological polar surface area (TPSA) is 56.0 Å². The van der Waals surface area contributed by atoms with Crippen molar-refractivity contribution in [1.82, 2.24) is 4.98 Å². The second kappa shape index (κ2) is 2.40. The molecule has 0 aliphatic rings. The molecule has 0 aliphatic carbocycles.